The SMILES string of the molecule is CC[C@H](NC(=O)c1cc(NC(=O)OCC2c3ccccc3-c3ccccc32)n[nH]1)C(=O)O. The van der Waals surface area contributed by atoms with E-state index in [-0.39, 0.29) is 30.5 Å². The third-order valence-electron chi connectivity index (χ3n) is 5.41. The van der Waals surface area contributed by atoms with Crippen LogP contribution in [0.1, 0.15) is 40.9 Å². The van der Waals surface area contributed by atoms with E-state index in [1.807, 2.05) is 36.4 Å². The molecular formula is C23H22N4O5. The molecule has 9 nitrogen and oxygen atoms in total. The molecule has 1 aromatic heterocycles. The number of carboxylic acids is 1. The van der Waals surface area contributed by atoms with E-state index in [0.717, 1.165) is 22.3 Å². The van der Waals surface area contributed by atoms with E-state index in [4.69, 9.17) is 9.84 Å². The van der Waals surface area contributed by atoms with Gasteiger partial charge in [-0.05, 0) is 28.7 Å². The number of carboxylic acid groups (broad SMARTS) is 1. The molecule has 4 N–H and O–H groups in total. The number of carbonyl (C=O) groups excluding carboxylic acids is 2. The second-order valence-electron chi connectivity index (χ2n) is 7.39. The minimum Gasteiger partial charge on any atom is -0.480 e. The minimum atomic E-state index is -1.13. The summed E-state index contributed by atoms with van der Waals surface area (Å²) < 4.78 is 5.44. The molecule has 1 atom stereocenters. The van der Waals surface area contributed by atoms with Crippen molar-refractivity contribution in [1.82, 2.24) is 15.5 Å². The lowest BCUT2D eigenvalue weighted by Gasteiger charge is -2.14. The molecular weight excluding hydrogens is 412 g/mol. The summed E-state index contributed by atoms with van der Waals surface area (Å²) in [5, 5.41) is 20.2. The lowest BCUT2D eigenvalue weighted by Crippen LogP contribution is -2.40. The van der Waals surface area contributed by atoms with Gasteiger partial charge in [0, 0.05) is 12.0 Å². The first-order valence-corrected chi connectivity index (χ1v) is 10.2. The van der Waals surface area contributed by atoms with Gasteiger partial charge in [0.25, 0.3) is 5.91 Å². The second-order valence-corrected chi connectivity index (χ2v) is 7.39. The maximum atomic E-state index is 12.3. The summed E-state index contributed by atoms with van der Waals surface area (Å²) in [6, 6.07) is 16.3. The zero-order valence-corrected chi connectivity index (χ0v) is 17.3. The molecule has 0 unspecified atom stereocenters. The number of nitrogens with one attached hydrogen (secondary N) is 3. The zero-order valence-electron chi connectivity index (χ0n) is 17.3. The van der Waals surface area contributed by atoms with Crippen LogP contribution in [0.3, 0.4) is 0 Å². The number of hydrogen-bond acceptors (Lipinski definition) is 5. The van der Waals surface area contributed by atoms with Crippen LogP contribution in [0.15, 0.2) is 54.6 Å². The van der Waals surface area contributed by atoms with Crippen LogP contribution in [0.2, 0.25) is 0 Å². The van der Waals surface area contributed by atoms with Crippen LogP contribution in [0.5, 0.6) is 0 Å². The Bertz CT molecular complexity index is 1130. The summed E-state index contributed by atoms with van der Waals surface area (Å²) in [6.45, 7) is 1.80. The fourth-order valence-electron chi connectivity index (χ4n) is 3.82. The van der Waals surface area contributed by atoms with Gasteiger partial charge >= 0.3 is 12.1 Å². The molecule has 9 heteroatoms. The molecule has 1 heterocycles. The highest BCUT2D eigenvalue weighted by Crippen LogP contribution is 2.44. The Morgan fingerprint density at radius 2 is 1.72 bits per heavy atom. The highest BCUT2D eigenvalue weighted by Gasteiger charge is 2.29. The van der Waals surface area contributed by atoms with Gasteiger partial charge in [0.05, 0.1) is 0 Å². The lowest BCUT2D eigenvalue weighted by molar-refractivity contribution is -0.139. The summed E-state index contributed by atoms with van der Waals surface area (Å²) in [6.07, 6.45) is -0.470. The number of aliphatic carboxylic acids is 1. The largest absolute Gasteiger partial charge is 0.480 e. The first kappa shape index (κ1) is 21.1. The van der Waals surface area contributed by atoms with Gasteiger partial charge in [0.15, 0.2) is 5.82 Å². The van der Waals surface area contributed by atoms with Gasteiger partial charge in [-0.15, -0.1) is 0 Å². The molecule has 0 saturated heterocycles. The van der Waals surface area contributed by atoms with Gasteiger partial charge in [0.1, 0.15) is 18.3 Å². The van der Waals surface area contributed by atoms with Gasteiger partial charge in [-0.25, -0.2) is 9.59 Å². The monoisotopic (exact) mass is 434 g/mol. The van der Waals surface area contributed by atoms with Gasteiger partial charge in [0.2, 0.25) is 0 Å². The number of rotatable bonds is 7. The summed E-state index contributed by atoms with van der Waals surface area (Å²) in [7, 11) is 0. The normalized spacial score (nSPS) is 13.0. The van der Waals surface area contributed by atoms with Crippen molar-refractivity contribution in [2.45, 2.75) is 25.3 Å². The molecule has 0 fully saturated rings. The highest BCUT2D eigenvalue weighted by atomic mass is 16.5. The van der Waals surface area contributed by atoms with Crippen LogP contribution in [-0.4, -0.2) is 45.9 Å². The molecule has 0 aliphatic heterocycles. The van der Waals surface area contributed by atoms with Gasteiger partial charge in [-0.2, -0.15) is 5.10 Å². The van der Waals surface area contributed by atoms with Gasteiger partial charge in [-0.3, -0.25) is 15.2 Å². The molecule has 32 heavy (non-hydrogen) atoms. The molecule has 2 amide bonds. The Hall–Kier alpha value is -4.14. The Morgan fingerprint density at radius 1 is 1.09 bits per heavy atom. The zero-order chi connectivity index (χ0) is 22.7. The molecule has 1 aliphatic carbocycles. The summed E-state index contributed by atoms with van der Waals surface area (Å²) in [4.78, 5) is 35.6. The molecule has 164 valence electrons. The molecule has 3 aromatic rings. The Morgan fingerprint density at radius 3 is 2.31 bits per heavy atom. The third-order valence-corrected chi connectivity index (χ3v) is 5.41. The minimum absolute atomic E-state index is 0.0265. The number of fused-ring (bicyclic) bond motifs is 3. The van der Waals surface area contributed by atoms with Crippen LogP contribution in [0.25, 0.3) is 11.1 Å². The average molecular weight is 434 g/mol. The third kappa shape index (κ3) is 4.18. The number of ether oxygens (including phenoxy) is 1. The molecule has 0 spiro atoms. The van der Waals surface area contributed by atoms with Crippen molar-refractivity contribution in [3.8, 4) is 11.1 Å². The standard InChI is InChI=1S/C23H22N4O5/c1-2-18(22(29)30)24-21(28)19-11-20(27-26-19)25-23(31)32-12-17-15-9-5-3-7-13(15)14-8-4-6-10-16(14)17/h3-11,17-18H,2,12H2,1H3,(H,24,28)(H,29,30)(H2,25,26,27,31)/t18-/m0/s1. The molecule has 0 radical (unpaired) electrons. The first-order valence-electron chi connectivity index (χ1n) is 10.2. The number of hydrogen-bond donors (Lipinski definition) is 4. The molecule has 0 bridgehead atoms. The fraction of sp³-hybridized carbons (Fsp3) is 0.217. The van der Waals surface area contributed by atoms with E-state index in [1.54, 1.807) is 6.92 Å². The number of H-pyrrole nitrogens is 1. The average Bonchev–Trinajstić information content (AvgIpc) is 3.38. The molecule has 4 rings (SSSR count). The van der Waals surface area contributed by atoms with Crippen LogP contribution < -0.4 is 10.6 Å². The van der Waals surface area contributed by atoms with Crippen LogP contribution in [0.4, 0.5) is 10.6 Å². The Labute approximate surface area is 183 Å². The van der Waals surface area contributed by atoms with E-state index < -0.39 is 24.0 Å². The van der Waals surface area contributed by atoms with Crippen LogP contribution in [0, 0.1) is 0 Å². The molecule has 0 saturated carbocycles. The number of aromatic nitrogens is 2. The summed E-state index contributed by atoms with van der Waals surface area (Å²) in [5.74, 6) is -1.74. The second kappa shape index (κ2) is 8.93. The van der Waals surface area contributed by atoms with E-state index in [9.17, 15) is 14.4 Å². The van der Waals surface area contributed by atoms with Gasteiger partial charge in [-0.1, -0.05) is 55.5 Å². The van der Waals surface area contributed by atoms with E-state index in [0.29, 0.717) is 0 Å². The predicted molar refractivity (Wildman–Crippen MR) is 116 cm³/mol. The number of anilines is 1. The number of aromatic amines is 1. The van der Waals surface area contributed by atoms with E-state index in [2.05, 4.69) is 33.0 Å². The van der Waals surface area contributed by atoms with E-state index >= 15 is 0 Å². The number of benzene rings is 2. The highest BCUT2D eigenvalue weighted by molar-refractivity contribution is 5.96. The van der Waals surface area contributed by atoms with Crippen molar-refractivity contribution in [1.29, 1.82) is 0 Å². The Kier molecular flexibility index (Phi) is 5.89. The van der Waals surface area contributed by atoms with Crippen molar-refractivity contribution >= 4 is 23.8 Å². The number of carbonyl (C=O) groups is 3. The van der Waals surface area contributed by atoms with E-state index in [1.165, 1.54) is 6.07 Å². The number of amides is 2. The van der Waals surface area contributed by atoms with Gasteiger partial charge < -0.3 is 15.2 Å². The fourth-order valence-corrected chi connectivity index (χ4v) is 3.82. The summed E-state index contributed by atoms with van der Waals surface area (Å²) in [5.41, 5.74) is 4.49. The Balaban J connectivity index is 1.37. The topological polar surface area (TPSA) is 133 Å². The first-order chi connectivity index (χ1) is 15.5. The van der Waals surface area contributed by atoms with Crippen LogP contribution >= 0.6 is 0 Å². The maximum Gasteiger partial charge on any atom is 0.412 e. The van der Waals surface area contributed by atoms with Crippen molar-refractivity contribution in [3.63, 3.8) is 0 Å². The predicted octanol–water partition coefficient (Wildman–Crippen LogP) is 3.36. The molecule has 2 aromatic carbocycles. The lowest BCUT2D eigenvalue weighted by atomic mass is 9.98. The van der Waals surface area contributed by atoms with Crippen molar-refractivity contribution < 1.29 is 24.2 Å². The number of nitrogens with zero attached hydrogens (tertiary/aromatic N) is 1. The quantitative estimate of drug-likeness (QED) is 0.451. The van der Waals surface area contributed by atoms with Crippen molar-refractivity contribution in [2.24, 2.45) is 0 Å². The van der Waals surface area contributed by atoms with Crippen molar-refractivity contribution in [3.05, 3.63) is 71.4 Å². The van der Waals surface area contributed by atoms with Crippen LogP contribution in [-0.2, 0) is 9.53 Å². The van der Waals surface area contributed by atoms with Crippen molar-refractivity contribution in [2.75, 3.05) is 11.9 Å². The summed E-state index contributed by atoms with van der Waals surface area (Å²) >= 11 is 0. The maximum absolute atomic E-state index is 12.3. The smallest absolute Gasteiger partial charge is 0.412 e. The molecule has 1 aliphatic rings.